The normalized spacial score (nSPS) is 10.6. The number of anilines is 1. The van der Waals surface area contributed by atoms with Gasteiger partial charge in [-0.25, -0.2) is 9.97 Å². The Morgan fingerprint density at radius 3 is 2.36 bits per heavy atom. The lowest BCUT2D eigenvalue weighted by molar-refractivity contribution is 0.102. The van der Waals surface area contributed by atoms with E-state index < -0.39 is 0 Å². The molecule has 0 fully saturated rings. The van der Waals surface area contributed by atoms with Crippen molar-refractivity contribution in [1.29, 1.82) is 0 Å². The van der Waals surface area contributed by atoms with E-state index in [9.17, 15) is 4.79 Å². The van der Waals surface area contributed by atoms with E-state index in [1.165, 1.54) is 0 Å². The average molecular weight is 326 g/mol. The van der Waals surface area contributed by atoms with Crippen molar-refractivity contribution in [3.8, 4) is 11.5 Å². The van der Waals surface area contributed by atoms with Crippen LogP contribution in [0.25, 0.3) is 22.4 Å². The standard InChI is InChI=1S/C20H14N4O/c25-20(14-8-2-1-3-9-14)24-18-15-10-4-5-11-16(15)22-19(23-18)17-12-6-7-13-21-17/h1-13H,(H,22,23,24,25). The molecule has 2 aromatic carbocycles. The first-order valence-electron chi connectivity index (χ1n) is 7.86. The molecule has 1 N–H and O–H groups in total. The monoisotopic (exact) mass is 326 g/mol. The molecule has 5 nitrogen and oxygen atoms in total. The fourth-order valence-electron chi connectivity index (χ4n) is 2.55. The molecule has 0 bridgehead atoms. The van der Waals surface area contributed by atoms with Crippen LogP contribution in [0, 0.1) is 0 Å². The molecule has 120 valence electrons. The number of fused-ring (bicyclic) bond motifs is 1. The van der Waals surface area contributed by atoms with Crippen molar-refractivity contribution in [2.24, 2.45) is 0 Å². The summed E-state index contributed by atoms with van der Waals surface area (Å²) in [5, 5.41) is 3.68. The number of carbonyl (C=O) groups excluding carboxylic acids is 1. The Balaban J connectivity index is 1.80. The van der Waals surface area contributed by atoms with Gasteiger partial charge in [0.25, 0.3) is 5.91 Å². The van der Waals surface area contributed by atoms with E-state index in [1.54, 1.807) is 18.3 Å². The molecular weight excluding hydrogens is 312 g/mol. The van der Waals surface area contributed by atoms with Crippen LogP contribution in [0.4, 0.5) is 5.82 Å². The van der Waals surface area contributed by atoms with Crippen molar-refractivity contribution in [3.05, 3.63) is 84.6 Å². The van der Waals surface area contributed by atoms with E-state index in [0.29, 0.717) is 22.9 Å². The number of para-hydroxylation sites is 1. The van der Waals surface area contributed by atoms with Gasteiger partial charge in [-0.3, -0.25) is 9.78 Å². The third-order valence-corrected chi connectivity index (χ3v) is 3.77. The molecule has 0 saturated carbocycles. The van der Waals surface area contributed by atoms with Gasteiger partial charge in [-0.1, -0.05) is 36.4 Å². The van der Waals surface area contributed by atoms with Gasteiger partial charge in [0, 0.05) is 17.1 Å². The summed E-state index contributed by atoms with van der Waals surface area (Å²) in [5.74, 6) is 0.735. The molecule has 0 unspecified atom stereocenters. The quantitative estimate of drug-likeness (QED) is 0.619. The van der Waals surface area contributed by atoms with Gasteiger partial charge < -0.3 is 5.32 Å². The number of amides is 1. The summed E-state index contributed by atoms with van der Waals surface area (Å²) in [5.41, 5.74) is 1.98. The second-order valence-electron chi connectivity index (χ2n) is 5.45. The minimum atomic E-state index is -0.212. The second kappa shape index (κ2) is 6.49. The number of nitrogens with zero attached hydrogens (tertiary/aromatic N) is 3. The molecule has 4 aromatic rings. The van der Waals surface area contributed by atoms with Gasteiger partial charge in [-0.05, 0) is 36.4 Å². The molecule has 0 radical (unpaired) electrons. The maximum absolute atomic E-state index is 12.5. The lowest BCUT2D eigenvalue weighted by atomic mass is 10.2. The number of benzene rings is 2. The lowest BCUT2D eigenvalue weighted by Gasteiger charge is -2.10. The first-order chi connectivity index (χ1) is 12.3. The molecule has 0 atom stereocenters. The molecule has 1 amide bonds. The van der Waals surface area contributed by atoms with Crippen LogP contribution in [0.3, 0.4) is 0 Å². The van der Waals surface area contributed by atoms with E-state index in [0.717, 1.165) is 10.9 Å². The molecule has 2 aromatic heterocycles. The van der Waals surface area contributed by atoms with Crippen LogP contribution < -0.4 is 5.32 Å². The van der Waals surface area contributed by atoms with E-state index in [-0.39, 0.29) is 5.91 Å². The highest BCUT2D eigenvalue weighted by Crippen LogP contribution is 2.24. The Labute approximate surface area is 144 Å². The Bertz CT molecular complexity index is 1030. The zero-order valence-corrected chi connectivity index (χ0v) is 13.3. The van der Waals surface area contributed by atoms with Crippen molar-refractivity contribution in [2.45, 2.75) is 0 Å². The zero-order chi connectivity index (χ0) is 17.1. The Morgan fingerprint density at radius 2 is 1.56 bits per heavy atom. The SMILES string of the molecule is O=C(Nc1nc(-c2ccccn2)nc2ccccc12)c1ccccc1. The van der Waals surface area contributed by atoms with Crippen molar-refractivity contribution >= 4 is 22.6 Å². The lowest BCUT2D eigenvalue weighted by Crippen LogP contribution is -2.14. The predicted molar refractivity (Wildman–Crippen MR) is 97.2 cm³/mol. The number of nitrogens with one attached hydrogen (secondary N) is 1. The van der Waals surface area contributed by atoms with Crippen molar-refractivity contribution in [1.82, 2.24) is 15.0 Å². The second-order valence-corrected chi connectivity index (χ2v) is 5.45. The Hall–Kier alpha value is -3.60. The third kappa shape index (κ3) is 3.07. The first-order valence-corrected chi connectivity index (χ1v) is 7.86. The highest BCUT2D eigenvalue weighted by atomic mass is 16.1. The number of pyridine rings is 1. The average Bonchev–Trinajstić information content (AvgIpc) is 2.69. The summed E-state index contributed by atoms with van der Waals surface area (Å²) >= 11 is 0. The Morgan fingerprint density at radius 1 is 0.800 bits per heavy atom. The van der Waals surface area contributed by atoms with E-state index in [2.05, 4.69) is 20.3 Å². The van der Waals surface area contributed by atoms with Crippen molar-refractivity contribution < 1.29 is 4.79 Å². The van der Waals surface area contributed by atoms with Gasteiger partial charge >= 0.3 is 0 Å². The molecule has 0 spiro atoms. The fraction of sp³-hybridized carbons (Fsp3) is 0. The summed E-state index contributed by atoms with van der Waals surface area (Å²) in [6.07, 6.45) is 1.69. The summed E-state index contributed by atoms with van der Waals surface area (Å²) in [7, 11) is 0. The minimum Gasteiger partial charge on any atom is -0.306 e. The number of rotatable bonds is 3. The van der Waals surface area contributed by atoms with Crippen LogP contribution in [-0.4, -0.2) is 20.9 Å². The van der Waals surface area contributed by atoms with Crippen LogP contribution in [0.2, 0.25) is 0 Å². The van der Waals surface area contributed by atoms with E-state index in [1.807, 2.05) is 60.7 Å². The molecule has 25 heavy (non-hydrogen) atoms. The summed E-state index contributed by atoms with van der Waals surface area (Å²) < 4.78 is 0. The zero-order valence-electron chi connectivity index (χ0n) is 13.3. The molecule has 0 saturated heterocycles. The number of hydrogen-bond acceptors (Lipinski definition) is 4. The van der Waals surface area contributed by atoms with Gasteiger partial charge in [-0.15, -0.1) is 0 Å². The fourth-order valence-corrected chi connectivity index (χ4v) is 2.55. The van der Waals surface area contributed by atoms with Crippen LogP contribution in [0.15, 0.2) is 79.0 Å². The van der Waals surface area contributed by atoms with Gasteiger partial charge in [0.2, 0.25) is 0 Å². The van der Waals surface area contributed by atoms with Gasteiger partial charge in [0.15, 0.2) is 5.82 Å². The van der Waals surface area contributed by atoms with Gasteiger partial charge in [-0.2, -0.15) is 0 Å². The molecule has 2 heterocycles. The molecule has 5 heteroatoms. The first kappa shape index (κ1) is 15.0. The Kier molecular flexibility index (Phi) is 3.88. The summed E-state index contributed by atoms with van der Waals surface area (Å²) in [6, 6.07) is 22.2. The highest BCUT2D eigenvalue weighted by Gasteiger charge is 2.13. The van der Waals surface area contributed by atoms with Crippen LogP contribution in [-0.2, 0) is 0 Å². The van der Waals surface area contributed by atoms with Crippen molar-refractivity contribution in [3.63, 3.8) is 0 Å². The van der Waals surface area contributed by atoms with Gasteiger partial charge in [0.1, 0.15) is 11.5 Å². The topological polar surface area (TPSA) is 67.8 Å². The number of carbonyl (C=O) groups is 1. The van der Waals surface area contributed by atoms with E-state index >= 15 is 0 Å². The highest BCUT2D eigenvalue weighted by molar-refractivity contribution is 6.07. The molecule has 0 aliphatic heterocycles. The molecule has 0 aliphatic carbocycles. The summed E-state index contributed by atoms with van der Waals surface area (Å²) in [6.45, 7) is 0. The van der Waals surface area contributed by atoms with Crippen molar-refractivity contribution in [2.75, 3.05) is 5.32 Å². The number of hydrogen-bond donors (Lipinski definition) is 1. The van der Waals surface area contributed by atoms with Crippen LogP contribution in [0.1, 0.15) is 10.4 Å². The molecular formula is C20H14N4O. The smallest absolute Gasteiger partial charge is 0.256 e. The van der Waals surface area contributed by atoms with Crippen LogP contribution in [0.5, 0.6) is 0 Å². The minimum absolute atomic E-state index is 0.212. The molecule has 0 aliphatic rings. The maximum atomic E-state index is 12.5. The molecule has 4 rings (SSSR count). The maximum Gasteiger partial charge on any atom is 0.256 e. The predicted octanol–water partition coefficient (Wildman–Crippen LogP) is 3.94. The van der Waals surface area contributed by atoms with Gasteiger partial charge in [0.05, 0.1) is 5.52 Å². The van der Waals surface area contributed by atoms with Crippen LogP contribution >= 0.6 is 0 Å². The summed E-state index contributed by atoms with van der Waals surface area (Å²) in [4.78, 5) is 25.9. The largest absolute Gasteiger partial charge is 0.306 e. The number of aromatic nitrogens is 3. The van der Waals surface area contributed by atoms with E-state index in [4.69, 9.17) is 0 Å². The third-order valence-electron chi connectivity index (χ3n) is 3.77.